The van der Waals surface area contributed by atoms with Crippen LogP contribution in [0.15, 0.2) is 6.07 Å². The van der Waals surface area contributed by atoms with Gasteiger partial charge in [0.1, 0.15) is 0 Å². The van der Waals surface area contributed by atoms with Crippen LogP contribution >= 0.6 is 0 Å². The van der Waals surface area contributed by atoms with Gasteiger partial charge in [0.2, 0.25) is 0 Å². The van der Waals surface area contributed by atoms with Crippen molar-refractivity contribution in [1.82, 2.24) is 20.4 Å². The second-order valence-corrected chi connectivity index (χ2v) is 4.59. The molecule has 1 aliphatic rings. The van der Waals surface area contributed by atoms with Crippen LogP contribution in [0.1, 0.15) is 28.7 Å². The van der Waals surface area contributed by atoms with Gasteiger partial charge in [-0.3, -0.25) is 4.79 Å². The first-order valence-electron chi connectivity index (χ1n) is 5.91. The van der Waals surface area contributed by atoms with Gasteiger partial charge in [-0.1, -0.05) is 0 Å². The number of carbonyl (C=O) groups excluding carboxylic acids is 1. The number of nitrogens with zero attached hydrogens (tertiary/aromatic N) is 3. The molecule has 1 saturated heterocycles. The molecule has 1 aliphatic heterocycles. The van der Waals surface area contributed by atoms with Crippen LogP contribution in [0.3, 0.4) is 0 Å². The van der Waals surface area contributed by atoms with E-state index in [1.165, 1.54) is 0 Å². The van der Waals surface area contributed by atoms with Crippen LogP contribution in [-0.4, -0.2) is 46.7 Å². The van der Waals surface area contributed by atoms with Crippen molar-refractivity contribution in [2.24, 2.45) is 0 Å². The summed E-state index contributed by atoms with van der Waals surface area (Å²) >= 11 is 0. The lowest BCUT2D eigenvalue weighted by Gasteiger charge is -2.32. The van der Waals surface area contributed by atoms with Crippen molar-refractivity contribution >= 4 is 5.91 Å². The van der Waals surface area contributed by atoms with Crippen molar-refractivity contribution in [1.29, 1.82) is 0 Å². The normalized spacial score (nSPS) is 20.4. The predicted molar refractivity (Wildman–Crippen MR) is 64.9 cm³/mol. The molecule has 1 N–H and O–H groups in total. The lowest BCUT2D eigenvalue weighted by atomic mass is 10.1. The van der Waals surface area contributed by atoms with E-state index in [0.717, 1.165) is 25.3 Å². The largest absolute Gasteiger partial charge is 0.336 e. The van der Waals surface area contributed by atoms with Crippen LogP contribution in [0, 0.1) is 13.8 Å². The molecule has 2 rings (SSSR count). The van der Waals surface area contributed by atoms with E-state index < -0.39 is 0 Å². The third-order valence-electron chi connectivity index (χ3n) is 2.99. The Morgan fingerprint density at radius 3 is 2.94 bits per heavy atom. The Kier molecular flexibility index (Phi) is 3.38. The summed E-state index contributed by atoms with van der Waals surface area (Å²) < 4.78 is 0. The average Bonchev–Trinajstić information content (AvgIpc) is 2.31. The molecule has 0 radical (unpaired) electrons. The van der Waals surface area contributed by atoms with Gasteiger partial charge in [-0.15, -0.1) is 0 Å². The zero-order chi connectivity index (χ0) is 12.4. The number of carbonyl (C=O) groups is 1. The Labute approximate surface area is 101 Å². The van der Waals surface area contributed by atoms with Crippen LogP contribution in [0.25, 0.3) is 0 Å². The fraction of sp³-hybridized carbons (Fsp3) is 0.583. The molecular formula is C12H18N4O. The van der Waals surface area contributed by atoms with E-state index in [1.54, 1.807) is 0 Å². The van der Waals surface area contributed by atoms with Crippen LogP contribution in [0.2, 0.25) is 0 Å². The number of aryl methyl sites for hydroxylation is 2. The Hall–Kier alpha value is -1.49. The Morgan fingerprint density at radius 2 is 2.24 bits per heavy atom. The molecule has 1 atom stereocenters. The predicted octanol–water partition coefficient (Wildman–Crippen LogP) is 0.527. The molecule has 0 aromatic carbocycles. The van der Waals surface area contributed by atoms with E-state index in [0.29, 0.717) is 17.3 Å². The van der Waals surface area contributed by atoms with Gasteiger partial charge in [-0.25, -0.2) is 0 Å². The van der Waals surface area contributed by atoms with Crippen LogP contribution < -0.4 is 5.32 Å². The molecule has 2 heterocycles. The number of hydrogen-bond acceptors (Lipinski definition) is 4. The van der Waals surface area contributed by atoms with Gasteiger partial charge < -0.3 is 10.2 Å². The summed E-state index contributed by atoms with van der Waals surface area (Å²) in [5.41, 5.74) is 2.15. The van der Waals surface area contributed by atoms with Crippen molar-refractivity contribution < 1.29 is 4.79 Å². The van der Waals surface area contributed by atoms with Gasteiger partial charge in [-0.05, 0) is 26.8 Å². The molecule has 0 spiro atoms. The summed E-state index contributed by atoms with van der Waals surface area (Å²) in [6.07, 6.45) is 0. The zero-order valence-electron chi connectivity index (χ0n) is 10.5. The number of aromatic nitrogens is 2. The van der Waals surface area contributed by atoms with Crippen LogP contribution in [-0.2, 0) is 0 Å². The minimum Gasteiger partial charge on any atom is -0.336 e. The number of piperazine rings is 1. The van der Waals surface area contributed by atoms with E-state index >= 15 is 0 Å². The first-order valence-corrected chi connectivity index (χ1v) is 5.91. The standard InChI is InChI=1S/C12H18N4O/c1-8-6-11(10(3)15-14-8)12(17)16-5-4-13-9(2)7-16/h6,9,13H,4-5,7H2,1-3H3/t9-/m1/s1. The van der Waals surface area contributed by atoms with Gasteiger partial charge in [0.15, 0.2) is 0 Å². The summed E-state index contributed by atoms with van der Waals surface area (Å²) in [6.45, 7) is 8.12. The highest BCUT2D eigenvalue weighted by molar-refractivity contribution is 5.95. The van der Waals surface area contributed by atoms with Gasteiger partial charge >= 0.3 is 0 Å². The van der Waals surface area contributed by atoms with Crippen molar-refractivity contribution in [3.8, 4) is 0 Å². The van der Waals surface area contributed by atoms with E-state index in [2.05, 4.69) is 22.4 Å². The van der Waals surface area contributed by atoms with Gasteiger partial charge in [-0.2, -0.15) is 10.2 Å². The third-order valence-corrected chi connectivity index (χ3v) is 2.99. The van der Waals surface area contributed by atoms with Crippen molar-refractivity contribution in [2.75, 3.05) is 19.6 Å². The molecule has 92 valence electrons. The molecule has 5 nitrogen and oxygen atoms in total. The number of rotatable bonds is 1. The SMILES string of the molecule is Cc1cc(C(=O)N2CCN[C@H](C)C2)c(C)nn1. The molecular weight excluding hydrogens is 216 g/mol. The number of nitrogens with one attached hydrogen (secondary N) is 1. The van der Waals surface area contributed by atoms with Crippen molar-refractivity contribution in [3.05, 3.63) is 23.0 Å². The summed E-state index contributed by atoms with van der Waals surface area (Å²) in [4.78, 5) is 14.2. The summed E-state index contributed by atoms with van der Waals surface area (Å²) in [7, 11) is 0. The minimum absolute atomic E-state index is 0.0638. The molecule has 1 aromatic heterocycles. The maximum atomic E-state index is 12.3. The number of amides is 1. The number of hydrogen-bond donors (Lipinski definition) is 1. The lowest BCUT2D eigenvalue weighted by Crippen LogP contribution is -2.51. The molecule has 0 aliphatic carbocycles. The summed E-state index contributed by atoms with van der Waals surface area (Å²) in [5.74, 6) is 0.0638. The molecule has 0 unspecified atom stereocenters. The first-order chi connectivity index (χ1) is 8.08. The molecule has 17 heavy (non-hydrogen) atoms. The maximum absolute atomic E-state index is 12.3. The Bertz CT molecular complexity index is 433. The molecule has 0 bridgehead atoms. The second-order valence-electron chi connectivity index (χ2n) is 4.59. The van der Waals surface area contributed by atoms with E-state index in [4.69, 9.17) is 0 Å². The molecule has 1 fully saturated rings. The first kappa shape index (κ1) is 12.0. The van der Waals surface area contributed by atoms with Crippen molar-refractivity contribution in [2.45, 2.75) is 26.8 Å². The smallest absolute Gasteiger partial charge is 0.255 e. The monoisotopic (exact) mass is 234 g/mol. The fourth-order valence-corrected chi connectivity index (χ4v) is 2.05. The molecule has 5 heteroatoms. The second kappa shape index (κ2) is 4.79. The highest BCUT2D eigenvalue weighted by Gasteiger charge is 2.23. The highest BCUT2D eigenvalue weighted by atomic mass is 16.2. The fourth-order valence-electron chi connectivity index (χ4n) is 2.05. The Balaban J connectivity index is 2.21. The van der Waals surface area contributed by atoms with Gasteiger partial charge in [0.25, 0.3) is 5.91 Å². The average molecular weight is 234 g/mol. The quantitative estimate of drug-likeness (QED) is 0.770. The maximum Gasteiger partial charge on any atom is 0.255 e. The minimum atomic E-state index is 0.0638. The third kappa shape index (κ3) is 2.61. The zero-order valence-corrected chi connectivity index (χ0v) is 10.5. The lowest BCUT2D eigenvalue weighted by molar-refractivity contribution is 0.0707. The van der Waals surface area contributed by atoms with Crippen LogP contribution in [0.4, 0.5) is 0 Å². The van der Waals surface area contributed by atoms with E-state index in [-0.39, 0.29) is 5.91 Å². The van der Waals surface area contributed by atoms with Gasteiger partial charge in [0, 0.05) is 25.7 Å². The Morgan fingerprint density at radius 1 is 1.47 bits per heavy atom. The van der Waals surface area contributed by atoms with E-state index in [9.17, 15) is 4.79 Å². The topological polar surface area (TPSA) is 58.1 Å². The molecule has 1 aromatic rings. The summed E-state index contributed by atoms with van der Waals surface area (Å²) in [5, 5.41) is 11.3. The van der Waals surface area contributed by atoms with Gasteiger partial charge in [0.05, 0.1) is 17.0 Å². The summed E-state index contributed by atoms with van der Waals surface area (Å²) in [6, 6.07) is 2.17. The molecule has 0 saturated carbocycles. The highest BCUT2D eigenvalue weighted by Crippen LogP contribution is 2.11. The van der Waals surface area contributed by atoms with Crippen LogP contribution in [0.5, 0.6) is 0 Å². The van der Waals surface area contributed by atoms with Crippen molar-refractivity contribution in [3.63, 3.8) is 0 Å². The molecule has 1 amide bonds. The van der Waals surface area contributed by atoms with E-state index in [1.807, 2.05) is 24.8 Å².